The van der Waals surface area contributed by atoms with Crippen molar-refractivity contribution in [1.82, 2.24) is 0 Å². The van der Waals surface area contributed by atoms with E-state index in [1.807, 2.05) is 0 Å². The van der Waals surface area contributed by atoms with Crippen molar-refractivity contribution in [3.8, 4) is 0 Å². The van der Waals surface area contributed by atoms with Gasteiger partial charge in [0.15, 0.2) is 0 Å². The first-order chi connectivity index (χ1) is 23.7. The van der Waals surface area contributed by atoms with Gasteiger partial charge in [-0.15, -0.1) is 0 Å². The number of esters is 2. The quantitative estimate of drug-likeness (QED) is 0.0477. The van der Waals surface area contributed by atoms with Crippen LogP contribution in [0.25, 0.3) is 0 Å². The molecule has 0 saturated carbocycles. The zero-order valence-electron chi connectivity index (χ0n) is 32.9. The van der Waals surface area contributed by atoms with Gasteiger partial charge in [-0.1, -0.05) is 232 Å². The van der Waals surface area contributed by atoms with Gasteiger partial charge in [0, 0.05) is 0 Å². The molecule has 0 bridgehead atoms. The van der Waals surface area contributed by atoms with Crippen LogP contribution in [0.5, 0.6) is 0 Å². The minimum Gasteiger partial charge on any atom is -0.466 e. The molecule has 48 heavy (non-hydrogen) atoms. The van der Waals surface area contributed by atoms with Crippen LogP contribution in [0, 0.1) is 0 Å². The summed E-state index contributed by atoms with van der Waals surface area (Å²) >= 11 is 0. The molecule has 4 heteroatoms. The third-order valence-corrected chi connectivity index (χ3v) is 10.1. The van der Waals surface area contributed by atoms with Gasteiger partial charge in [-0.3, -0.25) is 9.59 Å². The van der Waals surface area contributed by atoms with Crippen LogP contribution in [0.3, 0.4) is 0 Å². The fourth-order valence-electron chi connectivity index (χ4n) is 6.73. The molecule has 0 rings (SSSR count). The zero-order valence-corrected chi connectivity index (χ0v) is 32.9. The Morgan fingerprint density at radius 1 is 0.271 bits per heavy atom. The van der Waals surface area contributed by atoms with Gasteiger partial charge in [0.05, 0.1) is 26.1 Å². The van der Waals surface area contributed by atoms with Crippen LogP contribution in [0.1, 0.15) is 258 Å². The second-order valence-corrected chi connectivity index (χ2v) is 15.0. The van der Waals surface area contributed by atoms with Crippen LogP contribution in [0.15, 0.2) is 0 Å². The SMILES string of the molecule is CCCCCCCCCCCCCCCCCCCCOC(=O)CCC(=O)OCCCCCCCCCCCCCCCCCCCC. The number of hydrogen-bond acceptors (Lipinski definition) is 4. The van der Waals surface area contributed by atoms with E-state index in [4.69, 9.17) is 9.47 Å². The van der Waals surface area contributed by atoms with Gasteiger partial charge in [0.2, 0.25) is 0 Å². The molecule has 0 aliphatic carbocycles. The van der Waals surface area contributed by atoms with E-state index in [0.717, 1.165) is 25.7 Å². The highest BCUT2D eigenvalue weighted by Crippen LogP contribution is 2.16. The molecular weight excluding hydrogens is 592 g/mol. The van der Waals surface area contributed by atoms with Crippen molar-refractivity contribution >= 4 is 11.9 Å². The Morgan fingerprint density at radius 3 is 0.625 bits per heavy atom. The fourth-order valence-corrected chi connectivity index (χ4v) is 6.73. The van der Waals surface area contributed by atoms with Crippen LogP contribution < -0.4 is 0 Å². The number of carbonyl (C=O) groups excluding carboxylic acids is 2. The van der Waals surface area contributed by atoms with E-state index in [1.54, 1.807) is 0 Å². The van der Waals surface area contributed by atoms with E-state index in [1.165, 1.54) is 205 Å². The molecule has 0 atom stereocenters. The minimum atomic E-state index is -0.271. The van der Waals surface area contributed by atoms with Crippen LogP contribution in [-0.2, 0) is 19.1 Å². The lowest BCUT2D eigenvalue weighted by Crippen LogP contribution is -2.11. The molecule has 0 radical (unpaired) electrons. The molecule has 286 valence electrons. The van der Waals surface area contributed by atoms with Crippen LogP contribution in [0.2, 0.25) is 0 Å². The molecule has 4 nitrogen and oxygen atoms in total. The summed E-state index contributed by atoms with van der Waals surface area (Å²) in [5.41, 5.74) is 0. The van der Waals surface area contributed by atoms with E-state index in [-0.39, 0.29) is 24.8 Å². The van der Waals surface area contributed by atoms with Crippen molar-refractivity contribution in [2.45, 2.75) is 258 Å². The van der Waals surface area contributed by atoms with Crippen molar-refractivity contribution in [3.05, 3.63) is 0 Å². The predicted molar refractivity (Wildman–Crippen MR) is 209 cm³/mol. The van der Waals surface area contributed by atoms with E-state index >= 15 is 0 Å². The smallest absolute Gasteiger partial charge is 0.306 e. The first-order valence-electron chi connectivity index (χ1n) is 22.0. The summed E-state index contributed by atoms with van der Waals surface area (Å²) in [6, 6.07) is 0. The first kappa shape index (κ1) is 46.9. The Kier molecular flexibility index (Phi) is 41.2. The van der Waals surface area contributed by atoms with Crippen molar-refractivity contribution < 1.29 is 19.1 Å². The first-order valence-corrected chi connectivity index (χ1v) is 22.0. The number of ether oxygens (including phenoxy) is 2. The molecule has 0 saturated heterocycles. The Labute approximate surface area is 301 Å². The summed E-state index contributed by atoms with van der Waals surface area (Å²) in [6.45, 7) is 5.53. The largest absolute Gasteiger partial charge is 0.466 e. The number of unbranched alkanes of at least 4 members (excludes halogenated alkanes) is 34. The van der Waals surface area contributed by atoms with Crippen LogP contribution in [-0.4, -0.2) is 25.2 Å². The molecule has 0 spiro atoms. The van der Waals surface area contributed by atoms with E-state index < -0.39 is 0 Å². The summed E-state index contributed by atoms with van der Waals surface area (Å²) < 4.78 is 10.6. The van der Waals surface area contributed by atoms with Crippen molar-refractivity contribution in [2.75, 3.05) is 13.2 Å². The standard InChI is InChI=1S/C44H86O4/c1-3-5-7-9-11-13-15-17-19-21-23-25-27-29-31-33-35-37-41-47-43(45)39-40-44(46)48-42-38-36-34-32-30-28-26-24-22-20-18-16-14-12-10-8-6-4-2/h3-42H2,1-2H3. The third kappa shape index (κ3) is 41.1. The molecule has 0 heterocycles. The Hall–Kier alpha value is -1.06. The summed E-state index contributed by atoms with van der Waals surface area (Å²) in [5.74, 6) is -0.542. The lowest BCUT2D eigenvalue weighted by atomic mass is 10.0. The number of hydrogen-bond donors (Lipinski definition) is 0. The monoisotopic (exact) mass is 679 g/mol. The normalized spacial score (nSPS) is 11.3. The molecule has 0 unspecified atom stereocenters. The maximum atomic E-state index is 11.9. The Morgan fingerprint density at radius 2 is 0.438 bits per heavy atom. The predicted octanol–water partition coefficient (Wildman–Crippen LogP) is 14.9. The molecule has 0 fully saturated rings. The Balaban J connectivity index is 3.25. The maximum absolute atomic E-state index is 11.9. The highest BCUT2D eigenvalue weighted by molar-refractivity contribution is 5.77. The molecule has 0 aromatic rings. The van der Waals surface area contributed by atoms with Crippen molar-refractivity contribution in [1.29, 1.82) is 0 Å². The van der Waals surface area contributed by atoms with Crippen molar-refractivity contribution in [3.63, 3.8) is 0 Å². The second kappa shape index (κ2) is 42.1. The van der Waals surface area contributed by atoms with Crippen LogP contribution >= 0.6 is 0 Å². The van der Waals surface area contributed by atoms with Crippen LogP contribution in [0.4, 0.5) is 0 Å². The topological polar surface area (TPSA) is 52.6 Å². The lowest BCUT2D eigenvalue weighted by Gasteiger charge is -2.07. The van der Waals surface area contributed by atoms with Gasteiger partial charge >= 0.3 is 11.9 Å². The van der Waals surface area contributed by atoms with Gasteiger partial charge < -0.3 is 9.47 Å². The fraction of sp³-hybridized carbons (Fsp3) is 0.955. The third-order valence-electron chi connectivity index (χ3n) is 10.1. The second-order valence-electron chi connectivity index (χ2n) is 15.0. The van der Waals surface area contributed by atoms with Gasteiger partial charge in [0.1, 0.15) is 0 Å². The van der Waals surface area contributed by atoms with E-state index in [0.29, 0.717) is 13.2 Å². The molecule has 0 amide bonds. The minimum absolute atomic E-state index is 0.136. The van der Waals surface area contributed by atoms with E-state index in [2.05, 4.69) is 13.8 Å². The van der Waals surface area contributed by atoms with Crippen molar-refractivity contribution in [2.24, 2.45) is 0 Å². The van der Waals surface area contributed by atoms with Gasteiger partial charge in [-0.2, -0.15) is 0 Å². The highest BCUT2D eigenvalue weighted by atomic mass is 16.5. The molecular formula is C44H86O4. The average Bonchev–Trinajstić information content (AvgIpc) is 3.09. The summed E-state index contributed by atoms with van der Waals surface area (Å²) in [4.78, 5) is 23.9. The van der Waals surface area contributed by atoms with Gasteiger partial charge in [-0.25, -0.2) is 0 Å². The molecule has 0 aliphatic heterocycles. The molecule has 0 aliphatic rings. The number of carbonyl (C=O) groups is 2. The molecule has 0 aromatic carbocycles. The summed E-state index contributed by atoms with van der Waals surface area (Å²) in [5, 5.41) is 0. The number of rotatable bonds is 41. The molecule has 0 aromatic heterocycles. The lowest BCUT2D eigenvalue weighted by molar-refractivity contribution is -0.150. The average molecular weight is 679 g/mol. The molecule has 0 N–H and O–H groups in total. The zero-order chi connectivity index (χ0) is 34.9. The van der Waals surface area contributed by atoms with E-state index in [9.17, 15) is 9.59 Å². The van der Waals surface area contributed by atoms with Gasteiger partial charge in [0.25, 0.3) is 0 Å². The summed E-state index contributed by atoms with van der Waals surface area (Å²) in [6.07, 6.45) is 48.8. The Bertz CT molecular complexity index is 579. The highest BCUT2D eigenvalue weighted by Gasteiger charge is 2.09. The summed E-state index contributed by atoms with van der Waals surface area (Å²) in [7, 11) is 0. The maximum Gasteiger partial charge on any atom is 0.306 e. The van der Waals surface area contributed by atoms with Gasteiger partial charge in [-0.05, 0) is 12.8 Å².